The molecule has 0 bridgehead atoms. The van der Waals surface area contributed by atoms with Gasteiger partial charge in [-0.1, -0.05) is 115 Å². The van der Waals surface area contributed by atoms with Crippen molar-refractivity contribution in [3.05, 3.63) is 113 Å². The van der Waals surface area contributed by atoms with E-state index in [4.69, 9.17) is 4.98 Å². The minimum Gasteiger partial charge on any atom is -0.292 e. The van der Waals surface area contributed by atoms with Crippen molar-refractivity contribution in [2.75, 3.05) is 7.18 Å². The molecule has 2 nitrogen and oxygen atoms in total. The van der Waals surface area contributed by atoms with E-state index in [1.54, 1.807) is 0 Å². The molecule has 0 spiro atoms. The van der Waals surface area contributed by atoms with Crippen molar-refractivity contribution in [3.63, 3.8) is 0 Å². The highest BCUT2D eigenvalue weighted by Crippen LogP contribution is 2.39. The van der Waals surface area contributed by atoms with Gasteiger partial charge in [0.2, 0.25) is 0 Å². The van der Waals surface area contributed by atoms with Crippen molar-refractivity contribution in [3.8, 4) is 11.3 Å². The maximum absolute atomic E-state index is 9.50. The van der Waals surface area contributed by atoms with Crippen LogP contribution in [0.4, 0.5) is 4.39 Å². The zero-order chi connectivity index (χ0) is 32.3. The Balaban J connectivity index is 0.00000101. The number of halogens is 1. The van der Waals surface area contributed by atoms with E-state index in [0.717, 1.165) is 23.3 Å². The Labute approximate surface area is 259 Å². The molecule has 43 heavy (non-hydrogen) atoms. The topological polar surface area (TPSA) is 17.3 Å². The van der Waals surface area contributed by atoms with Crippen LogP contribution in [0.25, 0.3) is 44.2 Å². The molecule has 228 valence electrons. The molecule has 1 unspecified atom stereocenters. The van der Waals surface area contributed by atoms with Crippen molar-refractivity contribution in [2.24, 2.45) is 0 Å². The first-order valence-corrected chi connectivity index (χ1v) is 15.7. The van der Waals surface area contributed by atoms with Gasteiger partial charge in [-0.15, -0.1) is 0 Å². The second kappa shape index (κ2) is 16.6. The molecule has 0 fully saturated rings. The van der Waals surface area contributed by atoms with Crippen molar-refractivity contribution < 1.29 is 4.39 Å². The number of alkyl halides is 1. The largest absolute Gasteiger partial charge is 0.292 e. The highest BCUT2D eigenvalue weighted by atomic mass is 19.1. The van der Waals surface area contributed by atoms with Crippen LogP contribution in [0.5, 0.6) is 0 Å². The highest BCUT2D eigenvalue weighted by molar-refractivity contribution is 6.14. The summed E-state index contributed by atoms with van der Waals surface area (Å²) in [4.78, 5) is 5.10. The van der Waals surface area contributed by atoms with E-state index in [-0.39, 0.29) is 0 Å². The fourth-order valence-electron chi connectivity index (χ4n) is 5.69. The van der Waals surface area contributed by atoms with Gasteiger partial charge in [0.25, 0.3) is 0 Å². The Bertz CT molecular complexity index is 1710. The third-order valence-electron chi connectivity index (χ3n) is 7.72. The maximum Gasteiger partial charge on any atom is 0.145 e. The number of pyridine rings is 1. The Morgan fingerprint density at radius 1 is 0.953 bits per heavy atom. The van der Waals surface area contributed by atoms with Crippen molar-refractivity contribution in [2.45, 2.75) is 81.6 Å². The van der Waals surface area contributed by atoms with Gasteiger partial charge in [-0.2, -0.15) is 0 Å². The summed E-state index contributed by atoms with van der Waals surface area (Å²) in [6.45, 7) is 25.2. The lowest BCUT2D eigenvalue weighted by atomic mass is 9.91. The Morgan fingerprint density at radius 3 is 2.19 bits per heavy atom. The van der Waals surface area contributed by atoms with Crippen LogP contribution < -0.4 is 0 Å². The predicted octanol–water partition coefficient (Wildman–Crippen LogP) is 12.5. The molecule has 0 saturated carbocycles. The van der Waals surface area contributed by atoms with Gasteiger partial charge in [0.05, 0.1) is 24.6 Å². The summed E-state index contributed by atoms with van der Waals surface area (Å²) < 4.78 is 11.9. The van der Waals surface area contributed by atoms with Gasteiger partial charge < -0.3 is 0 Å². The quantitative estimate of drug-likeness (QED) is 0.145. The lowest BCUT2D eigenvalue weighted by molar-refractivity contribution is 0.636. The van der Waals surface area contributed by atoms with Crippen LogP contribution in [0.15, 0.2) is 85.6 Å². The van der Waals surface area contributed by atoms with Crippen LogP contribution in [0.2, 0.25) is 0 Å². The lowest BCUT2D eigenvalue weighted by Crippen LogP contribution is -2.00. The van der Waals surface area contributed by atoms with Gasteiger partial charge in [-0.3, -0.25) is 8.79 Å². The van der Waals surface area contributed by atoms with E-state index in [9.17, 15) is 4.39 Å². The molecule has 3 heteroatoms. The van der Waals surface area contributed by atoms with Gasteiger partial charge in [0, 0.05) is 16.3 Å². The first kappa shape index (κ1) is 35.2. The average Bonchev–Trinajstić information content (AvgIpc) is 3.48. The molecule has 0 saturated heterocycles. The van der Waals surface area contributed by atoms with E-state index in [2.05, 4.69) is 112 Å². The number of nitrogens with zero attached hydrogens (tertiary/aromatic N) is 2. The molecular formula is C40H51FN2. The normalized spacial score (nSPS) is 11.9. The Hall–Kier alpha value is -3.98. The molecular weight excluding hydrogens is 527 g/mol. The van der Waals surface area contributed by atoms with E-state index in [1.807, 2.05) is 46.8 Å². The second-order valence-electron chi connectivity index (χ2n) is 10.2. The number of hydrogen-bond acceptors (Lipinski definition) is 1. The molecule has 5 rings (SSSR count). The van der Waals surface area contributed by atoms with E-state index in [0.29, 0.717) is 13.1 Å². The molecule has 0 aliphatic heterocycles. The van der Waals surface area contributed by atoms with Crippen molar-refractivity contribution in [1.29, 1.82) is 0 Å². The lowest BCUT2D eigenvalue weighted by Gasteiger charge is -2.18. The Kier molecular flexibility index (Phi) is 13.6. The van der Waals surface area contributed by atoms with E-state index < -0.39 is 0 Å². The molecule has 1 atom stereocenters. The van der Waals surface area contributed by atoms with Gasteiger partial charge in [0.15, 0.2) is 0 Å². The molecule has 0 amide bonds. The Morgan fingerprint density at radius 2 is 1.60 bits per heavy atom. The molecule has 2 heterocycles. The molecule has 0 N–H and O–H groups in total. The number of benzene rings is 3. The minimum absolute atomic E-state index is 0.458. The number of fused-ring (bicyclic) bond motifs is 6. The fraction of sp³-hybridized carbons (Fsp3) is 0.325. The summed E-state index contributed by atoms with van der Waals surface area (Å²) in [5.41, 5.74) is 12.0. The molecule has 5 aromatic rings. The van der Waals surface area contributed by atoms with Crippen molar-refractivity contribution in [1.82, 2.24) is 9.38 Å². The molecule has 0 aliphatic carbocycles. The zero-order valence-electron chi connectivity index (χ0n) is 28.3. The van der Waals surface area contributed by atoms with Crippen LogP contribution >= 0.6 is 0 Å². The number of imidazole rings is 1. The SMILES string of the molecule is C=C/C(=C\C=C/C)c1cc(C)c(-c2cnc3c4c(C(C)CC)cccc4c4ccc(C)cc4n23)c(C)c1.CC.CC.CF. The number of hydrogen-bond donors (Lipinski definition) is 0. The third-order valence-corrected chi connectivity index (χ3v) is 7.72. The third kappa shape index (κ3) is 6.99. The van der Waals surface area contributed by atoms with Gasteiger partial charge in [-0.25, -0.2) is 4.98 Å². The van der Waals surface area contributed by atoms with E-state index in [1.165, 1.54) is 55.1 Å². The predicted molar refractivity (Wildman–Crippen MR) is 191 cm³/mol. The maximum atomic E-state index is 9.50. The van der Waals surface area contributed by atoms with Gasteiger partial charge >= 0.3 is 0 Å². The van der Waals surface area contributed by atoms with Crippen LogP contribution in [0, 0.1) is 20.8 Å². The molecule has 2 aromatic heterocycles. The van der Waals surface area contributed by atoms with Crippen LogP contribution in [0.3, 0.4) is 0 Å². The summed E-state index contributed by atoms with van der Waals surface area (Å²) in [7, 11) is 0.500. The zero-order valence-corrected chi connectivity index (χ0v) is 28.3. The summed E-state index contributed by atoms with van der Waals surface area (Å²) in [5, 5.41) is 3.83. The summed E-state index contributed by atoms with van der Waals surface area (Å²) >= 11 is 0. The molecule has 0 aliphatic rings. The molecule has 3 aromatic carbocycles. The summed E-state index contributed by atoms with van der Waals surface area (Å²) in [6, 6.07) is 18.1. The highest BCUT2D eigenvalue weighted by Gasteiger charge is 2.20. The van der Waals surface area contributed by atoms with Crippen LogP contribution in [-0.4, -0.2) is 16.6 Å². The smallest absolute Gasteiger partial charge is 0.145 e. The summed E-state index contributed by atoms with van der Waals surface area (Å²) in [5.74, 6) is 0.458. The fourth-order valence-corrected chi connectivity index (χ4v) is 5.69. The second-order valence-corrected chi connectivity index (χ2v) is 10.2. The number of aryl methyl sites for hydroxylation is 3. The number of allylic oxidation sites excluding steroid dienone is 5. The van der Waals surface area contributed by atoms with Crippen molar-refractivity contribution >= 4 is 32.9 Å². The minimum atomic E-state index is 0.458. The monoisotopic (exact) mass is 578 g/mol. The van der Waals surface area contributed by atoms with Gasteiger partial charge in [-0.05, 0) is 84.9 Å². The van der Waals surface area contributed by atoms with Crippen LogP contribution in [0.1, 0.15) is 88.6 Å². The number of rotatable bonds is 6. The molecule has 0 radical (unpaired) electrons. The number of aromatic nitrogens is 2. The standard InChI is InChI=1S/C35H36N2.2C2H6.CH3F/c1-8-11-13-26(10-3)27-19-24(6)33(25(7)20-27)32-21-36-35-34-28(23(5)9-2)14-12-15-30(34)29-17-16-22(4)18-31(29)37(32)35;3*1-2/h8,10-21,23H,3,9H2,1-2,4-7H3;2*1-2H3;1H3/b11-8-,26-13+;;;. The van der Waals surface area contributed by atoms with E-state index >= 15 is 0 Å². The van der Waals surface area contributed by atoms with Gasteiger partial charge in [0.1, 0.15) is 5.65 Å². The van der Waals surface area contributed by atoms with Crippen LogP contribution in [-0.2, 0) is 0 Å². The average molecular weight is 579 g/mol. The first-order chi connectivity index (χ1) is 20.9. The first-order valence-electron chi connectivity index (χ1n) is 15.7. The summed E-state index contributed by atoms with van der Waals surface area (Å²) in [6.07, 6.45) is 11.3.